The summed E-state index contributed by atoms with van der Waals surface area (Å²) in [5.74, 6) is 0.0413. The number of nitrogens with zero attached hydrogens (tertiary/aromatic N) is 1. The zero-order valence-electron chi connectivity index (χ0n) is 13.4. The highest BCUT2D eigenvalue weighted by atomic mass is 35.5. The summed E-state index contributed by atoms with van der Waals surface area (Å²) in [6.45, 7) is 0. The van der Waals surface area contributed by atoms with Crippen molar-refractivity contribution in [1.29, 1.82) is 0 Å². The van der Waals surface area contributed by atoms with Crippen LogP contribution in [0.15, 0.2) is 59.7 Å². The number of hydrogen-bond donors (Lipinski definition) is 0. The van der Waals surface area contributed by atoms with Gasteiger partial charge in [-0.3, -0.25) is 14.9 Å². The minimum Gasteiger partial charge on any atom is -0.289 e. The van der Waals surface area contributed by atoms with E-state index in [0.717, 1.165) is 35.1 Å². The van der Waals surface area contributed by atoms with Crippen LogP contribution < -0.4 is 0 Å². The molecule has 0 saturated heterocycles. The molecule has 2 aromatic rings. The highest BCUT2D eigenvalue weighted by molar-refractivity contribution is 6.30. The van der Waals surface area contributed by atoms with Gasteiger partial charge in [-0.1, -0.05) is 23.7 Å². The van der Waals surface area contributed by atoms with Crippen LogP contribution >= 0.6 is 11.6 Å². The van der Waals surface area contributed by atoms with Gasteiger partial charge in [0.25, 0.3) is 5.69 Å². The highest BCUT2D eigenvalue weighted by Gasteiger charge is 2.20. The lowest BCUT2D eigenvalue weighted by molar-refractivity contribution is -0.384. The van der Waals surface area contributed by atoms with Crippen molar-refractivity contribution in [2.75, 3.05) is 0 Å². The van der Waals surface area contributed by atoms with Crippen molar-refractivity contribution < 1.29 is 9.72 Å². The maximum absolute atomic E-state index is 12.7. The van der Waals surface area contributed by atoms with Crippen molar-refractivity contribution in [2.45, 2.75) is 19.3 Å². The first-order valence-corrected chi connectivity index (χ1v) is 8.36. The summed E-state index contributed by atoms with van der Waals surface area (Å²) in [5.41, 5.74) is 3.30. The quantitative estimate of drug-likeness (QED) is 0.417. The van der Waals surface area contributed by atoms with Crippen LogP contribution in [0.5, 0.6) is 0 Å². The molecule has 0 unspecified atom stereocenters. The van der Waals surface area contributed by atoms with Gasteiger partial charge in [0.2, 0.25) is 0 Å². The number of allylic oxidation sites excluding steroid dienone is 2. The Bertz CT molecular complexity index is 865. The smallest absolute Gasteiger partial charge is 0.269 e. The SMILES string of the molecule is O=C1/C(=C/c2ccc(Cl)cc2)CCC/C1=C\c1ccc([N+](=O)[O-])cc1. The molecular formula is C20H16ClNO3. The van der Waals surface area contributed by atoms with Crippen LogP contribution in [0, 0.1) is 10.1 Å². The number of non-ortho nitro benzene ring substituents is 1. The number of nitro groups is 1. The zero-order chi connectivity index (χ0) is 17.8. The second-order valence-electron chi connectivity index (χ2n) is 5.92. The van der Waals surface area contributed by atoms with E-state index in [1.165, 1.54) is 12.1 Å². The predicted molar refractivity (Wildman–Crippen MR) is 99.4 cm³/mol. The van der Waals surface area contributed by atoms with E-state index in [-0.39, 0.29) is 11.5 Å². The average Bonchev–Trinajstić information content (AvgIpc) is 2.61. The van der Waals surface area contributed by atoms with Crippen molar-refractivity contribution in [3.63, 3.8) is 0 Å². The largest absolute Gasteiger partial charge is 0.289 e. The Morgan fingerprint density at radius 2 is 1.36 bits per heavy atom. The number of halogens is 1. The number of carbonyl (C=O) groups excluding carboxylic acids is 1. The Kier molecular flexibility index (Phi) is 5.10. The topological polar surface area (TPSA) is 60.2 Å². The monoisotopic (exact) mass is 353 g/mol. The number of rotatable bonds is 3. The lowest BCUT2D eigenvalue weighted by Crippen LogP contribution is -2.12. The summed E-state index contributed by atoms with van der Waals surface area (Å²) in [5, 5.41) is 11.4. The van der Waals surface area contributed by atoms with Crippen molar-refractivity contribution in [2.24, 2.45) is 0 Å². The molecule has 1 aliphatic rings. The van der Waals surface area contributed by atoms with Crippen molar-refractivity contribution in [3.8, 4) is 0 Å². The molecule has 0 heterocycles. The first-order valence-electron chi connectivity index (χ1n) is 7.99. The minimum atomic E-state index is -0.435. The second kappa shape index (κ2) is 7.45. The molecule has 1 aliphatic carbocycles. The fourth-order valence-corrected chi connectivity index (χ4v) is 2.96. The number of nitro benzene ring substituents is 1. The van der Waals surface area contributed by atoms with Crippen molar-refractivity contribution >= 4 is 35.2 Å². The van der Waals surface area contributed by atoms with Crippen LogP contribution in [0.3, 0.4) is 0 Å². The Labute approximate surface area is 150 Å². The van der Waals surface area contributed by atoms with Gasteiger partial charge < -0.3 is 0 Å². The van der Waals surface area contributed by atoms with E-state index in [2.05, 4.69) is 0 Å². The molecule has 1 saturated carbocycles. The van der Waals surface area contributed by atoms with E-state index in [0.29, 0.717) is 11.4 Å². The van der Waals surface area contributed by atoms with Crippen LogP contribution in [-0.4, -0.2) is 10.7 Å². The lowest BCUT2D eigenvalue weighted by Gasteiger charge is -2.16. The van der Waals surface area contributed by atoms with Crippen LogP contribution in [0.1, 0.15) is 30.4 Å². The van der Waals surface area contributed by atoms with Crippen molar-refractivity contribution in [3.05, 3.63) is 85.9 Å². The maximum atomic E-state index is 12.7. The van der Waals surface area contributed by atoms with E-state index < -0.39 is 4.92 Å². The number of Topliss-reactive ketones (excluding diaryl/α,β-unsaturated/α-hetero) is 1. The standard InChI is InChI=1S/C20H16ClNO3/c21-18-8-4-14(5-9-18)12-16-2-1-3-17(20(16)23)13-15-6-10-19(11-7-15)22(24)25/h4-13H,1-3H2/b16-12+,17-13+. The van der Waals surface area contributed by atoms with E-state index in [1.807, 2.05) is 24.3 Å². The van der Waals surface area contributed by atoms with E-state index >= 15 is 0 Å². The molecule has 0 amide bonds. The molecule has 0 aromatic heterocycles. The van der Waals surface area contributed by atoms with Gasteiger partial charge in [-0.25, -0.2) is 0 Å². The third-order valence-corrected chi connectivity index (χ3v) is 4.38. The van der Waals surface area contributed by atoms with E-state index in [4.69, 9.17) is 11.6 Å². The van der Waals surface area contributed by atoms with Gasteiger partial charge in [0, 0.05) is 28.3 Å². The molecule has 0 radical (unpaired) electrons. The predicted octanol–water partition coefficient (Wildman–Crippen LogP) is 5.47. The van der Waals surface area contributed by atoms with Gasteiger partial charge in [-0.05, 0) is 66.8 Å². The summed E-state index contributed by atoms with van der Waals surface area (Å²) in [7, 11) is 0. The molecule has 4 nitrogen and oxygen atoms in total. The molecule has 2 aromatic carbocycles. The summed E-state index contributed by atoms with van der Waals surface area (Å²) in [6, 6.07) is 13.6. The highest BCUT2D eigenvalue weighted by Crippen LogP contribution is 2.28. The maximum Gasteiger partial charge on any atom is 0.269 e. The number of ketones is 1. The molecule has 0 spiro atoms. The van der Waals surface area contributed by atoms with Gasteiger partial charge in [0.15, 0.2) is 5.78 Å². The number of benzene rings is 2. The third-order valence-electron chi connectivity index (χ3n) is 4.13. The van der Waals surface area contributed by atoms with Gasteiger partial charge in [-0.2, -0.15) is 0 Å². The Morgan fingerprint density at radius 3 is 1.84 bits per heavy atom. The van der Waals surface area contributed by atoms with Gasteiger partial charge >= 0.3 is 0 Å². The van der Waals surface area contributed by atoms with Crippen molar-refractivity contribution in [1.82, 2.24) is 0 Å². The minimum absolute atomic E-state index is 0.0413. The number of carbonyl (C=O) groups is 1. The van der Waals surface area contributed by atoms with E-state index in [9.17, 15) is 14.9 Å². The fraction of sp³-hybridized carbons (Fsp3) is 0.150. The molecule has 0 N–H and O–H groups in total. The van der Waals surface area contributed by atoms with Gasteiger partial charge in [0.05, 0.1) is 4.92 Å². The molecule has 5 heteroatoms. The first-order chi connectivity index (χ1) is 12.0. The van der Waals surface area contributed by atoms with Crippen LogP contribution in [-0.2, 0) is 4.79 Å². The summed E-state index contributed by atoms with van der Waals surface area (Å²) in [6.07, 6.45) is 6.10. The molecule has 126 valence electrons. The fourth-order valence-electron chi connectivity index (χ4n) is 2.83. The Hall–Kier alpha value is -2.72. The van der Waals surface area contributed by atoms with Crippen LogP contribution in [0.2, 0.25) is 5.02 Å². The molecule has 0 atom stereocenters. The number of hydrogen-bond acceptors (Lipinski definition) is 3. The Morgan fingerprint density at radius 1 is 0.880 bits per heavy atom. The molecule has 1 fully saturated rings. The molecule has 25 heavy (non-hydrogen) atoms. The summed E-state index contributed by atoms with van der Waals surface area (Å²) >= 11 is 5.89. The molecule has 0 bridgehead atoms. The van der Waals surface area contributed by atoms with Gasteiger partial charge in [0.1, 0.15) is 0 Å². The summed E-state index contributed by atoms with van der Waals surface area (Å²) in [4.78, 5) is 23.0. The Balaban J connectivity index is 1.84. The average molecular weight is 354 g/mol. The molecule has 3 rings (SSSR count). The van der Waals surface area contributed by atoms with Crippen LogP contribution in [0.25, 0.3) is 12.2 Å². The van der Waals surface area contributed by atoms with E-state index in [1.54, 1.807) is 24.3 Å². The molecular weight excluding hydrogens is 338 g/mol. The molecule has 0 aliphatic heterocycles. The van der Waals surface area contributed by atoms with Crippen LogP contribution in [0.4, 0.5) is 5.69 Å². The summed E-state index contributed by atoms with van der Waals surface area (Å²) < 4.78 is 0. The normalized spacial score (nSPS) is 17.9. The second-order valence-corrected chi connectivity index (χ2v) is 6.36. The third kappa shape index (κ3) is 4.22. The first kappa shape index (κ1) is 17.1. The zero-order valence-corrected chi connectivity index (χ0v) is 14.2. The lowest BCUT2D eigenvalue weighted by atomic mass is 9.87. The van der Waals surface area contributed by atoms with Gasteiger partial charge in [-0.15, -0.1) is 0 Å².